The molecular formula is C13H11N5O2S. The molecule has 0 fully saturated rings. The number of nitriles is 2. The van der Waals surface area contributed by atoms with E-state index in [0.717, 1.165) is 0 Å². The second-order valence-corrected chi connectivity index (χ2v) is 6.03. The van der Waals surface area contributed by atoms with Gasteiger partial charge in [-0.3, -0.25) is 9.40 Å². The van der Waals surface area contributed by atoms with Crippen LogP contribution in [0.2, 0.25) is 0 Å². The zero-order chi connectivity index (χ0) is 15.6. The van der Waals surface area contributed by atoms with E-state index < -0.39 is 10.0 Å². The molecule has 1 aromatic heterocycles. The van der Waals surface area contributed by atoms with Gasteiger partial charge in [-0.2, -0.15) is 15.6 Å². The summed E-state index contributed by atoms with van der Waals surface area (Å²) in [6, 6.07) is 8.07. The van der Waals surface area contributed by atoms with Crippen LogP contribution >= 0.6 is 0 Å². The Hall–Kier alpha value is -2.84. The van der Waals surface area contributed by atoms with Crippen LogP contribution in [-0.2, 0) is 17.1 Å². The van der Waals surface area contributed by atoms with E-state index in [9.17, 15) is 8.42 Å². The molecule has 0 aliphatic heterocycles. The van der Waals surface area contributed by atoms with Crippen molar-refractivity contribution in [2.45, 2.75) is 11.8 Å². The lowest BCUT2D eigenvalue weighted by molar-refractivity contribution is 0.600. The summed E-state index contributed by atoms with van der Waals surface area (Å²) >= 11 is 0. The van der Waals surface area contributed by atoms with Crippen LogP contribution in [0.15, 0.2) is 29.3 Å². The highest BCUT2D eigenvalue weighted by atomic mass is 32.2. The molecule has 1 N–H and O–H groups in total. The summed E-state index contributed by atoms with van der Waals surface area (Å²) < 4.78 is 28.3. The van der Waals surface area contributed by atoms with E-state index in [1.54, 1.807) is 14.0 Å². The molecule has 0 spiro atoms. The lowest BCUT2D eigenvalue weighted by Gasteiger charge is -2.08. The Labute approximate surface area is 122 Å². The Balaban J connectivity index is 2.44. The number of hydrogen-bond acceptors (Lipinski definition) is 5. The number of benzene rings is 1. The van der Waals surface area contributed by atoms with Crippen molar-refractivity contribution in [3.8, 4) is 12.1 Å². The minimum Gasteiger partial charge on any atom is -0.272 e. The molecule has 0 radical (unpaired) electrons. The van der Waals surface area contributed by atoms with Crippen LogP contribution in [-0.4, -0.2) is 18.2 Å². The highest BCUT2D eigenvalue weighted by molar-refractivity contribution is 7.92. The fourth-order valence-corrected chi connectivity index (χ4v) is 3.09. The predicted molar refractivity (Wildman–Crippen MR) is 74.6 cm³/mol. The molecule has 0 atom stereocenters. The second-order valence-electron chi connectivity index (χ2n) is 4.37. The van der Waals surface area contributed by atoms with Crippen LogP contribution < -0.4 is 4.72 Å². The van der Waals surface area contributed by atoms with Crippen molar-refractivity contribution < 1.29 is 8.42 Å². The largest absolute Gasteiger partial charge is 0.272 e. The smallest absolute Gasteiger partial charge is 0.263 e. The van der Waals surface area contributed by atoms with Gasteiger partial charge in [0.05, 0.1) is 16.5 Å². The number of hydrogen-bond donors (Lipinski definition) is 1. The van der Waals surface area contributed by atoms with Gasteiger partial charge in [-0.05, 0) is 30.7 Å². The summed E-state index contributed by atoms with van der Waals surface area (Å²) in [7, 11) is -2.29. The van der Waals surface area contributed by atoms with Gasteiger partial charge >= 0.3 is 0 Å². The van der Waals surface area contributed by atoms with Crippen LogP contribution in [0.1, 0.15) is 16.7 Å². The van der Waals surface area contributed by atoms with Crippen molar-refractivity contribution in [3.05, 3.63) is 41.1 Å². The molecule has 2 aromatic rings. The van der Waals surface area contributed by atoms with Gasteiger partial charge < -0.3 is 0 Å². The Morgan fingerprint density at radius 3 is 2.57 bits per heavy atom. The molecule has 21 heavy (non-hydrogen) atoms. The molecule has 8 heteroatoms. The summed E-state index contributed by atoms with van der Waals surface area (Å²) in [6.07, 6.45) is 1.42. The quantitative estimate of drug-likeness (QED) is 0.917. The number of nitrogens with one attached hydrogen (secondary N) is 1. The maximum atomic E-state index is 12.3. The minimum absolute atomic E-state index is 0.0243. The number of rotatable bonds is 3. The van der Waals surface area contributed by atoms with Gasteiger partial charge in [0, 0.05) is 13.2 Å². The molecule has 0 aliphatic carbocycles. The predicted octanol–water partition coefficient (Wildman–Crippen LogP) is 1.27. The maximum absolute atomic E-state index is 12.3. The monoisotopic (exact) mass is 301 g/mol. The first kappa shape index (κ1) is 14.6. The number of aromatic nitrogens is 2. The van der Waals surface area contributed by atoms with Crippen LogP contribution in [0, 0.1) is 29.6 Å². The first-order valence-electron chi connectivity index (χ1n) is 5.84. The fraction of sp³-hybridized carbons (Fsp3) is 0.154. The van der Waals surface area contributed by atoms with Crippen molar-refractivity contribution in [2.24, 2.45) is 7.05 Å². The van der Waals surface area contributed by atoms with E-state index in [1.807, 2.05) is 12.1 Å². The molecule has 106 valence electrons. The molecule has 2 rings (SSSR count). The van der Waals surface area contributed by atoms with Crippen molar-refractivity contribution in [2.75, 3.05) is 4.72 Å². The summed E-state index contributed by atoms with van der Waals surface area (Å²) in [6.45, 7) is 1.60. The molecule has 1 heterocycles. The number of nitrogens with zero attached hydrogens (tertiary/aromatic N) is 4. The normalized spacial score (nSPS) is 10.7. The zero-order valence-corrected chi connectivity index (χ0v) is 12.1. The van der Waals surface area contributed by atoms with Gasteiger partial charge in [-0.25, -0.2) is 8.42 Å². The average Bonchev–Trinajstić information content (AvgIpc) is 2.77. The number of anilines is 1. The van der Waals surface area contributed by atoms with Crippen LogP contribution in [0.25, 0.3) is 0 Å². The first-order valence-corrected chi connectivity index (χ1v) is 7.33. The van der Waals surface area contributed by atoms with Crippen LogP contribution in [0.3, 0.4) is 0 Å². The standard InChI is InChI=1S/C13H11N5O2S/c1-9-5-10(6-14)3-4-12(9)21(19,20)17-13-11(7-15)8-18(2)16-13/h3-5,8H,1-2H3,(H,16,17). The van der Waals surface area contributed by atoms with Crippen LogP contribution in [0.4, 0.5) is 5.82 Å². The van der Waals surface area contributed by atoms with Crippen molar-refractivity contribution in [1.29, 1.82) is 10.5 Å². The Kier molecular flexibility index (Phi) is 3.66. The summed E-state index contributed by atoms with van der Waals surface area (Å²) in [4.78, 5) is 0.0380. The lowest BCUT2D eigenvalue weighted by Crippen LogP contribution is -2.15. The Morgan fingerprint density at radius 1 is 1.29 bits per heavy atom. The van der Waals surface area contributed by atoms with Gasteiger partial charge in [0.15, 0.2) is 5.82 Å². The third-order valence-corrected chi connectivity index (χ3v) is 4.27. The number of aryl methyl sites for hydroxylation is 2. The molecule has 0 saturated carbocycles. The second kappa shape index (κ2) is 5.27. The van der Waals surface area contributed by atoms with Crippen molar-refractivity contribution in [3.63, 3.8) is 0 Å². The third kappa shape index (κ3) is 2.86. The van der Waals surface area contributed by atoms with E-state index in [-0.39, 0.29) is 16.3 Å². The maximum Gasteiger partial charge on any atom is 0.263 e. The van der Waals surface area contributed by atoms with Gasteiger partial charge in [0.25, 0.3) is 10.0 Å². The third-order valence-electron chi connectivity index (χ3n) is 2.77. The average molecular weight is 301 g/mol. The zero-order valence-electron chi connectivity index (χ0n) is 11.3. The fourth-order valence-electron chi connectivity index (χ4n) is 1.85. The summed E-state index contributed by atoms with van der Waals surface area (Å²) in [5.41, 5.74) is 0.949. The Morgan fingerprint density at radius 2 is 2.00 bits per heavy atom. The minimum atomic E-state index is -3.87. The highest BCUT2D eigenvalue weighted by Crippen LogP contribution is 2.21. The summed E-state index contributed by atoms with van der Waals surface area (Å²) in [5, 5.41) is 21.7. The highest BCUT2D eigenvalue weighted by Gasteiger charge is 2.20. The lowest BCUT2D eigenvalue weighted by atomic mass is 10.2. The van der Waals surface area contributed by atoms with Crippen molar-refractivity contribution >= 4 is 15.8 Å². The number of sulfonamides is 1. The first-order chi connectivity index (χ1) is 9.87. The van der Waals surface area contributed by atoms with E-state index in [1.165, 1.54) is 29.1 Å². The SMILES string of the molecule is Cc1cc(C#N)ccc1S(=O)(=O)Nc1nn(C)cc1C#N. The van der Waals surface area contributed by atoms with Crippen LogP contribution in [0.5, 0.6) is 0 Å². The molecule has 0 saturated heterocycles. The van der Waals surface area contributed by atoms with E-state index >= 15 is 0 Å². The van der Waals surface area contributed by atoms with Gasteiger partial charge in [-0.15, -0.1) is 0 Å². The Bertz CT molecular complexity index is 884. The van der Waals surface area contributed by atoms with Gasteiger partial charge in [0.1, 0.15) is 11.6 Å². The van der Waals surface area contributed by atoms with E-state index in [2.05, 4.69) is 9.82 Å². The molecule has 1 aromatic carbocycles. The molecule has 0 amide bonds. The molecular weight excluding hydrogens is 290 g/mol. The van der Waals surface area contributed by atoms with E-state index in [4.69, 9.17) is 10.5 Å². The molecule has 0 aliphatic rings. The van der Waals surface area contributed by atoms with E-state index in [0.29, 0.717) is 11.1 Å². The molecule has 7 nitrogen and oxygen atoms in total. The van der Waals surface area contributed by atoms with Gasteiger partial charge in [-0.1, -0.05) is 0 Å². The van der Waals surface area contributed by atoms with Crippen molar-refractivity contribution in [1.82, 2.24) is 9.78 Å². The van der Waals surface area contributed by atoms with Gasteiger partial charge in [0.2, 0.25) is 0 Å². The summed E-state index contributed by atoms with van der Waals surface area (Å²) in [5.74, 6) is -0.0243. The topological polar surface area (TPSA) is 112 Å². The molecule has 0 bridgehead atoms. The molecule has 0 unspecified atom stereocenters.